The number of aryl methyl sites for hydroxylation is 1. The van der Waals surface area contributed by atoms with E-state index in [1.54, 1.807) is 29.2 Å². The number of carbonyl (C=O) groups excluding carboxylic acids is 1. The normalized spacial score (nSPS) is 22.6. The van der Waals surface area contributed by atoms with Crippen LogP contribution in [0.1, 0.15) is 47.7 Å². The first kappa shape index (κ1) is 17.2. The Labute approximate surface area is 148 Å². The number of fused-ring (bicyclic) bond motifs is 1. The lowest BCUT2D eigenvalue weighted by atomic mass is 9.71. The summed E-state index contributed by atoms with van der Waals surface area (Å²) in [7, 11) is 0. The molecule has 4 nitrogen and oxygen atoms in total. The van der Waals surface area contributed by atoms with Gasteiger partial charge in [-0.15, -0.1) is 0 Å². The van der Waals surface area contributed by atoms with Crippen LogP contribution in [0.25, 0.3) is 0 Å². The van der Waals surface area contributed by atoms with Crippen molar-refractivity contribution in [2.45, 2.75) is 38.1 Å². The third kappa shape index (κ3) is 2.93. The molecule has 25 heavy (non-hydrogen) atoms. The van der Waals surface area contributed by atoms with Gasteiger partial charge in [0.15, 0.2) is 0 Å². The minimum atomic E-state index is -0.881. The van der Waals surface area contributed by atoms with E-state index >= 15 is 0 Å². The molecular weight excluding hydrogens is 314 g/mol. The number of hydrogen-bond acceptors (Lipinski definition) is 2. The zero-order chi connectivity index (χ0) is 18.0. The van der Waals surface area contributed by atoms with Gasteiger partial charge in [0.25, 0.3) is 5.91 Å². The molecule has 0 radical (unpaired) electrons. The summed E-state index contributed by atoms with van der Waals surface area (Å²) in [5, 5.41) is 9.98. The molecular formula is C21H23NO3. The van der Waals surface area contributed by atoms with Crippen molar-refractivity contribution in [2.75, 3.05) is 6.54 Å². The lowest BCUT2D eigenvalue weighted by molar-refractivity contribution is -0.142. The fourth-order valence-electron chi connectivity index (χ4n) is 4.04. The predicted molar refractivity (Wildman–Crippen MR) is 96.7 cm³/mol. The van der Waals surface area contributed by atoms with E-state index in [-0.39, 0.29) is 5.91 Å². The van der Waals surface area contributed by atoms with E-state index in [9.17, 15) is 14.7 Å². The van der Waals surface area contributed by atoms with Gasteiger partial charge in [0.2, 0.25) is 0 Å². The molecule has 130 valence electrons. The molecule has 0 bridgehead atoms. The summed E-state index contributed by atoms with van der Waals surface area (Å²) in [6.45, 7) is 4.31. The van der Waals surface area contributed by atoms with E-state index in [2.05, 4.69) is 0 Å². The van der Waals surface area contributed by atoms with Gasteiger partial charge >= 0.3 is 5.97 Å². The van der Waals surface area contributed by atoms with Crippen molar-refractivity contribution in [3.05, 3.63) is 71.3 Å². The molecule has 3 rings (SSSR count). The van der Waals surface area contributed by atoms with Crippen molar-refractivity contribution in [1.82, 2.24) is 4.90 Å². The number of benzene rings is 2. The summed E-state index contributed by atoms with van der Waals surface area (Å²) in [6.07, 6.45) is 1.33. The molecule has 0 saturated heterocycles. The summed E-state index contributed by atoms with van der Waals surface area (Å²) in [4.78, 5) is 26.9. The SMILES string of the molecule is CCN1C(=O)c2ccccc2C(C(=O)O)C1(C)CCc1ccccc1. The summed E-state index contributed by atoms with van der Waals surface area (Å²) in [6, 6.07) is 17.1. The quantitative estimate of drug-likeness (QED) is 0.904. The second-order valence-electron chi connectivity index (χ2n) is 6.75. The maximum Gasteiger partial charge on any atom is 0.313 e. The van der Waals surface area contributed by atoms with Crippen LogP contribution in [0.5, 0.6) is 0 Å². The van der Waals surface area contributed by atoms with Gasteiger partial charge in [-0.1, -0.05) is 48.5 Å². The van der Waals surface area contributed by atoms with Crippen LogP contribution >= 0.6 is 0 Å². The summed E-state index contributed by atoms with van der Waals surface area (Å²) < 4.78 is 0. The Morgan fingerprint density at radius 2 is 1.76 bits per heavy atom. The van der Waals surface area contributed by atoms with Gasteiger partial charge in [-0.05, 0) is 43.9 Å². The van der Waals surface area contributed by atoms with E-state index in [0.717, 1.165) is 12.0 Å². The zero-order valence-electron chi connectivity index (χ0n) is 14.6. The number of hydrogen-bond donors (Lipinski definition) is 1. The van der Waals surface area contributed by atoms with E-state index in [1.165, 1.54) is 0 Å². The molecule has 4 heteroatoms. The fraction of sp³-hybridized carbons (Fsp3) is 0.333. The predicted octanol–water partition coefficient (Wildman–Crippen LogP) is 3.72. The van der Waals surface area contributed by atoms with Crippen molar-refractivity contribution in [3.63, 3.8) is 0 Å². The van der Waals surface area contributed by atoms with Crippen molar-refractivity contribution in [3.8, 4) is 0 Å². The maximum absolute atomic E-state index is 13.0. The zero-order valence-corrected chi connectivity index (χ0v) is 14.6. The van der Waals surface area contributed by atoms with Gasteiger partial charge < -0.3 is 10.0 Å². The van der Waals surface area contributed by atoms with Crippen LogP contribution in [-0.2, 0) is 11.2 Å². The third-order valence-corrected chi connectivity index (χ3v) is 5.31. The smallest absolute Gasteiger partial charge is 0.313 e. The third-order valence-electron chi connectivity index (χ3n) is 5.31. The summed E-state index contributed by atoms with van der Waals surface area (Å²) in [5.41, 5.74) is 1.52. The van der Waals surface area contributed by atoms with E-state index in [4.69, 9.17) is 0 Å². The number of aliphatic carboxylic acids is 1. The number of carbonyl (C=O) groups is 2. The standard InChI is InChI=1S/C21H23NO3/c1-3-22-19(23)17-12-8-7-11-16(17)18(20(24)25)21(22,2)14-13-15-9-5-4-6-10-15/h4-12,18H,3,13-14H2,1-2H3,(H,24,25). The summed E-state index contributed by atoms with van der Waals surface area (Å²) >= 11 is 0. The maximum atomic E-state index is 13.0. The van der Waals surface area contributed by atoms with E-state index < -0.39 is 17.4 Å². The summed E-state index contributed by atoms with van der Waals surface area (Å²) in [5.74, 6) is -1.69. The molecule has 2 atom stereocenters. The fourth-order valence-corrected chi connectivity index (χ4v) is 4.04. The molecule has 0 fully saturated rings. The highest BCUT2D eigenvalue weighted by Crippen LogP contribution is 2.43. The van der Waals surface area contributed by atoms with Gasteiger partial charge in [0, 0.05) is 12.1 Å². The van der Waals surface area contributed by atoms with Gasteiger partial charge in [0.1, 0.15) is 5.92 Å². The second-order valence-corrected chi connectivity index (χ2v) is 6.75. The number of nitrogens with zero attached hydrogens (tertiary/aromatic N) is 1. The van der Waals surface area contributed by atoms with Gasteiger partial charge in [-0.25, -0.2) is 0 Å². The second kappa shape index (κ2) is 6.71. The minimum absolute atomic E-state index is 0.0776. The van der Waals surface area contributed by atoms with Crippen molar-refractivity contribution >= 4 is 11.9 Å². The molecule has 1 heterocycles. The van der Waals surface area contributed by atoms with Crippen LogP contribution in [0.4, 0.5) is 0 Å². The largest absolute Gasteiger partial charge is 0.481 e. The Balaban J connectivity index is 2.04. The lowest BCUT2D eigenvalue weighted by Crippen LogP contribution is -2.59. The number of likely N-dealkylation sites (N-methyl/N-ethyl adjacent to an activating group) is 1. The molecule has 2 unspecified atom stereocenters. The van der Waals surface area contributed by atoms with Crippen LogP contribution in [0.15, 0.2) is 54.6 Å². The van der Waals surface area contributed by atoms with Gasteiger partial charge in [0.05, 0.1) is 5.54 Å². The van der Waals surface area contributed by atoms with Crippen LogP contribution in [-0.4, -0.2) is 34.0 Å². The highest BCUT2D eigenvalue weighted by atomic mass is 16.4. The number of amides is 1. The molecule has 1 aliphatic rings. The number of carboxylic acid groups (broad SMARTS) is 1. The van der Waals surface area contributed by atoms with Gasteiger partial charge in [-0.3, -0.25) is 9.59 Å². The highest BCUT2D eigenvalue weighted by Gasteiger charge is 2.50. The number of rotatable bonds is 5. The lowest BCUT2D eigenvalue weighted by Gasteiger charge is -2.49. The van der Waals surface area contributed by atoms with Crippen LogP contribution in [0, 0.1) is 0 Å². The Morgan fingerprint density at radius 1 is 1.12 bits per heavy atom. The highest BCUT2D eigenvalue weighted by molar-refractivity contribution is 6.00. The Kier molecular flexibility index (Phi) is 4.62. The van der Waals surface area contributed by atoms with E-state index in [0.29, 0.717) is 24.1 Å². The van der Waals surface area contributed by atoms with Crippen LogP contribution in [0.3, 0.4) is 0 Å². The molecule has 0 aromatic heterocycles. The molecule has 2 aromatic carbocycles. The average Bonchev–Trinajstić information content (AvgIpc) is 2.61. The Hall–Kier alpha value is -2.62. The first-order valence-corrected chi connectivity index (χ1v) is 8.66. The topological polar surface area (TPSA) is 57.6 Å². The minimum Gasteiger partial charge on any atom is -0.481 e. The van der Waals surface area contributed by atoms with E-state index in [1.807, 2.05) is 44.2 Å². The van der Waals surface area contributed by atoms with Gasteiger partial charge in [-0.2, -0.15) is 0 Å². The van der Waals surface area contributed by atoms with Crippen molar-refractivity contribution < 1.29 is 14.7 Å². The molecule has 1 aliphatic heterocycles. The van der Waals surface area contributed by atoms with Crippen molar-refractivity contribution in [1.29, 1.82) is 0 Å². The molecule has 2 aromatic rings. The van der Waals surface area contributed by atoms with Crippen LogP contribution in [0.2, 0.25) is 0 Å². The molecule has 1 N–H and O–H groups in total. The first-order valence-electron chi connectivity index (χ1n) is 8.66. The molecule has 0 saturated carbocycles. The van der Waals surface area contributed by atoms with Crippen molar-refractivity contribution in [2.24, 2.45) is 0 Å². The molecule has 1 amide bonds. The average molecular weight is 337 g/mol. The Morgan fingerprint density at radius 3 is 2.40 bits per heavy atom. The van der Waals surface area contributed by atoms with Crippen LogP contribution < -0.4 is 0 Å². The first-order chi connectivity index (χ1) is 12.0. The monoisotopic (exact) mass is 337 g/mol. The molecule has 0 aliphatic carbocycles. The number of carboxylic acids is 1. The Bertz CT molecular complexity index is 787. The molecule has 0 spiro atoms.